The predicted octanol–water partition coefficient (Wildman–Crippen LogP) is 3.98. The fraction of sp³-hybridized carbons (Fsp3) is 0.148. The molecule has 0 spiro atoms. The molecule has 38 heavy (non-hydrogen) atoms. The van der Waals surface area contributed by atoms with Crippen molar-refractivity contribution in [1.82, 2.24) is 14.8 Å². The molecule has 0 fully saturated rings. The van der Waals surface area contributed by atoms with E-state index in [0.717, 1.165) is 14.3 Å². The Kier molecular flexibility index (Phi) is 7.98. The zero-order valence-corrected chi connectivity index (χ0v) is 23.4. The Morgan fingerprint density at radius 2 is 1.63 bits per heavy atom. The highest BCUT2D eigenvalue weighted by atomic mass is 79.9. The Labute approximate surface area is 229 Å². The Hall–Kier alpha value is -3.96. The van der Waals surface area contributed by atoms with Crippen molar-refractivity contribution in [3.05, 3.63) is 111 Å². The number of hydrogen-bond donors (Lipinski definition) is 1. The average molecular weight is 597 g/mol. The van der Waals surface area contributed by atoms with Gasteiger partial charge in [-0.2, -0.15) is 5.10 Å². The minimum absolute atomic E-state index is 0.0458. The first-order valence-corrected chi connectivity index (χ1v) is 13.9. The van der Waals surface area contributed by atoms with Gasteiger partial charge in [0.2, 0.25) is 0 Å². The van der Waals surface area contributed by atoms with Gasteiger partial charge in [-0.1, -0.05) is 64.5 Å². The Morgan fingerprint density at radius 1 is 1.00 bits per heavy atom. The molecule has 0 aliphatic rings. The third-order valence-corrected chi connectivity index (χ3v) is 8.24. The van der Waals surface area contributed by atoms with E-state index < -0.39 is 28.0 Å². The SMILES string of the molecule is C/C(=N/NC(=O)CN(c1c(C)n(C)n(-c2ccccc2)c1=O)S(=O)(=O)c1ccccc1)c1cccc(Br)c1. The molecule has 0 radical (unpaired) electrons. The monoisotopic (exact) mass is 595 g/mol. The van der Waals surface area contributed by atoms with Gasteiger partial charge < -0.3 is 0 Å². The maximum Gasteiger partial charge on any atom is 0.296 e. The fourth-order valence-electron chi connectivity index (χ4n) is 3.94. The van der Waals surface area contributed by atoms with Crippen molar-refractivity contribution in [1.29, 1.82) is 0 Å². The molecule has 1 heterocycles. The van der Waals surface area contributed by atoms with Crippen LogP contribution in [0.2, 0.25) is 0 Å². The van der Waals surface area contributed by atoms with Crippen LogP contribution in [0, 0.1) is 6.92 Å². The molecule has 0 atom stereocenters. The number of hydrogen-bond acceptors (Lipinski definition) is 5. The van der Waals surface area contributed by atoms with Gasteiger partial charge in [-0.15, -0.1) is 0 Å². The van der Waals surface area contributed by atoms with Crippen LogP contribution in [0.1, 0.15) is 18.2 Å². The molecule has 0 saturated heterocycles. The van der Waals surface area contributed by atoms with E-state index in [1.165, 1.54) is 16.8 Å². The number of amides is 1. The number of carbonyl (C=O) groups is 1. The highest BCUT2D eigenvalue weighted by molar-refractivity contribution is 9.10. The molecule has 196 valence electrons. The number of nitrogens with zero attached hydrogens (tertiary/aromatic N) is 4. The van der Waals surface area contributed by atoms with Gasteiger partial charge in [0.15, 0.2) is 0 Å². The molecule has 1 aromatic heterocycles. The summed E-state index contributed by atoms with van der Waals surface area (Å²) in [5, 5.41) is 4.14. The van der Waals surface area contributed by atoms with Gasteiger partial charge in [0.05, 0.1) is 22.0 Å². The lowest BCUT2D eigenvalue weighted by molar-refractivity contribution is -0.119. The number of nitrogens with one attached hydrogen (secondary N) is 1. The maximum absolute atomic E-state index is 13.8. The molecule has 4 aromatic rings. The molecule has 3 aromatic carbocycles. The first-order chi connectivity index (χ1) is 18.1. The number of para-hydroxylation sites is 1. The molecular formula is C27H26BrN5O4S. The zero-order chi connectivity index (χ0) is 27.4. The second-order valence-corrected chi connectivity index (χ2v) is 11.3. The number of halogens is 1. The molecule has 0 aliphatic carbocycles. The summed E-state index contributed by atoms with van der Waals surface area (Å²) < 4.78 is 32.2. The van der Waals surface area contributed by atoms with Crippen LogP contribution in [0.15, 0.2) is 104 Å². The summed E-state index contributed by atoms with van der Waals surface area (Å²) in [7, 11) is -2.63. The lowest BCUT2D eigenvalue weighted by atomic mass is 10.1. The zero-order valence-electron chi connectivity index (χ0n) is 21.0. The van der Waals surface area contributed by atoms with Crippen molar-refractivity contribution in [2.75, 3.05) is 10.8 Å². The van der Waals surface area contributed by atoms with Gasteiger partial charge in [0.25, 0.3) is 21.5 Å². The van der Waals surface area contributed by atoms with Crippen molar-refractivity contribution in [2.24, 2.45) is 12.1 Å². The second-order valence-electron chi connectivity index (χ2n) is 8.48. The normalized spacial score (nSPS) is 11.8. The van der Waals surface area contributed by atoms with Crippen molar-refractivity contribution in [3.63, 3.8) is 0 Å². The summed E-state index contributed by atoms with van der Waals surface area (Å²) in [5.74, 6) is -0.701. The number of hydrazone groups is 1. The van der Waals surface area contributed by atoms with Crippen LogP contribution < -0.4 is 15.3 Å². The second kappa shape index (κ2) is 11.2. The van der Waals surface area contributed by atoms with Crippen LogP contribution in [0.25, 0.3) is 5.69 Å². The molecule has 0 saturated carbocycles. The lowest BCUT2D eigenvalue weighted by Gasteiger charge is -2.22. The quantitative estimate of drug-likeness (QED) is 0.245. The van der Waals surface area contributed by atoms with Gasteiger partial charge >= 0.3 is 0 Å². The molecule has 4 rings (SSSR count). The Morgan fingerprint density at radius 3 is 2.26 bits per heavy atom. The smallest absolute Gasteiger partial charge is 0.283 e. The van der Waals surface area contributed by atoms with Crippen molar-refractivity contribution < 1.29 is 13.2 Å². The van der Waals surface area contributed by atoms with E-state index in [-0.39, 0.29) is 10.6 Å². The third-order valence-electron chi connectivity index (χ3n) is 5.98. The van der Waals surface area contributed by atoms with E-state index in [0.29, 0.717) is 17.1 Å². The van der Waals surface area contributed by atoms with E-state index in [1.807, 2.05) is 30.3 Å². The first kappa shape index (κ1) is 27.1. The van der Waals surface area contributed by atoms with E-state index in [2.05, 4.69) is 26.5 Å². The number of anilines is 1. The summed E-state index contributed by atoms with van der Waals surface area (Å²) in [6.45, 7) is 2.71. The summed E-state index contributed by atoms with van der Waals surface area (Å²) in [6, 6.07) is 23.9. The predicted molar refractivity (Wildman–Crippen MR) is 151 cm³/mol. The lowest BCUT2D eigenvalue weighted by Crippen LogP contribution is -2.42. The van der Waals surface area contributed by atoms with E-state index in [1.54, 1.807) is 68.0 Å². The summed E-state index contributed by atoms with van der Waals surface area (Å²) in [6.07, 6.45) is 0. The first-order valence-electron chi connectivity index (χ1n) is 11.6. The summed E-state index contributed by atoms with van der Waals surface area (Å²) >= 11 is 3.40. The summed E-state index contributed by atoms with van der Waals surface area (Å²) in [5.41, 5.74) is 3.97. The van der Waals surface area contributed by atoms with Gasteiger partial charge in [-0.05, 0) is 55.8 Å². The van der Waals surface area contributed by atoms with Crippen LogP contribution in [0.4, 0.5) is 5.69 Å². The molecule has 0 aliphatic heterocycles. The molecule has 11 heteroatoms. The number of benzene rings is 3. The molecular weight excluding hydrogens is 570 g/mol. The van der Waals surface area contributed by atoms with Crippen LogP contribution in [-0.2, 0) is 21.9 Å². The average Bonchev–Trinajstić information content (AvgIpc) is 3.14. The Balaban J connectivity index is 1.76. The largest absolute Gasteiger partial charge is 0.296 e. The van der Waals surface area contributed by atoms with Crippen molar-refractivity contribution in [3.8, 4) is 5.69 Å². The van der Waals surface area contributed by atoms with Gasteiger partial charge in [0.1, 0.15) is 12.2 Å². The topological polar surface area (TPSA) is 106 Å². The molecule has 0 unspecified atom stereocenters. The fourth-order valence-corrected chi connectivity index (χ4v) is 5.83. The van der Waals surface area contributed by atoms with Crippen LogP contribution in [0.3, 0.4) is 0 Å². The van der Waals surface area contributed by atoms with Crippen molar-refractivity contribution in [2.45, 2.75) is 18.7 Å². The number of sulfonamides is 1. The summed E-state index contributed by atoms with van der Waals surface area (Å²) in [4.78, 5) is 26.7. The highest BCUT2D eigenvalue weighted by Gasteiger charge is 2.33. The number of aromatic nitrogens is 2. The number of carbonyl (C=O) groups excluding carboxylic acids is 1. The molecule has 1 amide bonds. The van der Waals surface area contributed by atoms with Crippen molar-refractivity contribution >= 4 is 43.3 Å². The third kappa shape index (κ3) is 5.48. The molecule has 0 bridgehead atoms. The van der Waals surface area contributed by atoms with Gasteiger partial charge in [0, 0.05) is 11.5 Å². The van der Waals surface area contributed by atoms with E-state index in [4.69, 9.17) is 0 Å². The standard InChI is InChI=1S/C27H26BrN5O4S/c1-19(21-11-10-12-22(28)17-21)29-30-25(34)18-32(38(36,37)24-15-8-5-9-16-24)26-20(2)31(3)33(27(26)35)23-13-6-4-7-14-23/h4-17H,18H2,1-3H3,(H,30,34)/b29-19-. The van der Waals surface area contributed by atoms with E-state index in [9.17, 15) is 18.0 Å². The van der Waals surface area contributed by atoms with Gasteiger partial charge in [-0.25, -0.2) is 22.8 Å². The van der Waals surface area contributed by atoms with Crippen LogP contribution in [-0.4, -0.2) is 35.9 Å². The maximum atomic E-state index is 13.8. The van der Waals surface area contributed by atoms with Crippen LogP contribution in [0.5, 0.6) is 0 Å². The number of rotatable bonds is 8. The van der Waals surface area contributed by atoms with Crippen LogP contribution >= 0.6 is 15.9 Å². The van der Waals surface area contributed by atoms with E-state index >= 15 is 0 Å². The minimum Gasteiger partial charge on any atom is -0.283 e. The molecule has 1 N–H and O–H groups in total. The Bertz CT molecular complexity index is 1660. The highest BCUT2D eigenvalue weighted by Crippen LogP contribution is 2.25. The van der Waals surface area contributed by atoms with Gasteiger partial charge in [-0.3, -0.25) is 14.3 Å². The molecule has 9 nitrogen and oxygen atoms in total. The minimum atomic E-state index is -4.28.